The zero-order valence-electron chi connectivity index (χ0n) is 9.07. The maximum atomic E-state index is 13.6. The van der Waals surface area contributed by atoms with E-state index in [1.807, 2.05) is 0 Å². The average Bonchev–Trinajstić information content (AvgIpc) is 2.32. The number of ether oxygens (including phenoxy) is 1. The molecule has 1 saturated heterocycles. The smallest absolute Gasteiger partial charge is 0.129 e. The lowest BCUT2D eigenvalue weighted by molar-refractivity contribution is -0.0726. The van der Waals surface area contributed by atoms with Crippen molar-refractivity contribution in [1.29, 1.82) is 0 Å². The summed E-state index contributed by atoms with van der Waals surface area (Å²) in [6, 6.07) is 3.02. The van der Waals surface area contributed by atoms with Crippen LogP contribution in [0.25, 0.3) is 0 Å². The van der Waals surface area contributed by atoms with Crippen LogP contribution in [0.5, 0.6) is 0 Å². The summed E-state index contributed by atoms with van der Waals surface area (Å²) in [6.07, 6.45) is -0.739. The topological polar surface area (TPSA) is 41.5 Å². The highest BCUT2D eigenvalue weighted by Crippen LogP contribution is 2.31. The molecular weight excluding hydrogens is 247 g/mol. The maximum absolute atomic E-state index is 13.6. The monoisotopic (exact) mass is 261 g/mol. The molecule has 1 unspecified atom stereocenters. The molecule has 0 bridgehead atoms. The molecule has 17 heavy (non-hydrogen) atoms. The van der Waals surface area contributed by atoms with E-state index in [0.717, 1.165) is 18.2 Å². The van der Waals surface area contributed by atoms with Gasteiger partial charge in [0.15, 0.2) is 0 Å². The van der Waals surface area contributed by atoms with Crippen molar-refractivity contribution in [3.8, 4) is 0 Å². The quantitative estimate of drug-likeness (QED) is 0.793. The molecule has 2 N–H and O–H groups in total. The first-order valence-corrected chi connectivity index (χ1v) is 5.90. The summed E-state index contributed by atoms with van der Waals surface area (Å²) in [5.74, 6) is -1.00. The summed E-state index contributed by atoms with van der Waals surface area (Å²) in [4.78, 5) is 0. The summed E-state index contributed by atoms with van der Waals surface area (Å²) in [7, 11) is 2.31. The number of hydrogen-bond acceptors (Lipinski definition) is 3. The highest BCUT2D eigenvalue weighted by atomic mass is 31.0. The Morgan fingerprint density at radius 3 is 2.88 bits per heavy atom. The van der Waals surface area contributed by atoms with Crippen molar-refractivity contribution in [2.45, 2.75) is 24.7 Å². The largest absolute Gasteiger partial charge is 0.391 e. The molecule has 1 aliphatic rings. The van der Waals surface area contributed by atoms with Crippen molar-refractivity contribution < 1.29 is 18.6 Å². The summed E-state index contributed by atoms with van der Waals surface area (Å²) in [5.41, 5.74) is 0.178. The molecule has 1 aromatic rings. The average molecular weight is 261 g/mol. The van der Waals surface area contributed by atoms with Crippen molar-refractivity contribution in [2.75, 3.05) is 6.61 Å². The van der Waals surface area contributed by atoms with Crippen molar-refractivity contribution in [1.82, 2.24) is 5.09 Å². The van der Waals surface area contributed by atoms with E-state index < -0.39 is 23.8 Å². The van der Waals surface area contributed by atoms with Gasteiger partial charge < -0.3 is 9.84 Å². The van der Waals surface area contributed by atoms with Gasteiger partial charge in [0.1, 0.15) is 17.7 Å². The Morgan fingerprint density at radius 1 is 1.41 bits per heavy atom. The molecule has 0 aliphatic carbocycles. The third-order valence-corrected chi connectivity index (χ3v) is 3.27. The summed E-state index contributed by atoms with van der Waals surface area (Å²) in [6.45, 7) is 0.128. The summed E-state index contributed by atoms with van der Waals surface area (Å²) in [5, 5.41) is 12.3. The van der Waals surface area contributed by atoms with Crippen LogP contribution in [0.2, 0.25) is 0 Å². The van der Waals surface area contributed by atoms with Crippen LogP contribution in [0, 0.1) is 11.6 Å². The Kier molecular flexibility index (Phi) is 4.05. The Balaban J connectivity index is 2.28. The number of halogens is 2. The molecule has 3 nitrogen and oxygen atoms in total. The molecule has 1 heterocycles. The zero-order chi connectivity index (χ0) is 12.4. The molecule has 0 aromatic heterocycles. The van der Waals surface area contributed by atoms with Crippen LogP contribution in [0.3, 0.4) is 0 Å². The highest BCUT2D eigenvalue weighted by molar-refractivity contribution is 7.13. The van der Waals surface area contributed by atoms with E-state index >= 15 is 0 Å². The molecule has 0 amide bonds. The molecule has 4 atom stereocenters. The molecule has 0 radical (unpaired) electrons. The van der Waals surface area contributed by atoms with Crippen LogP contribution in [0.15, 0.2) is 18.2 Å². The molecule has 1 aromatic carbocycles. The lowest BCUT2D eigenvalue weighted by Gasteiger charge is -2.34. The van der Waals surface area contributed by atoms with Gasteiger partial charge in [-0.15, -0.1) is 0 Å². The van der Waals surface area contributed by atoms with Gasteiger partial charge in [0.2, 0.25) is 0 Å². The van der Waals surface area contributed by atoms with E-state index in [1.54, 1.807) is 0 Å². The van der Waals surface area contributed by atoms with E-state index in [4.69, 9.17) is 4.74 Å². The summed E-state index contributed by atoms with van der Waals surface area (Å²) >= 11 is 0. The molecule has 94 valence electrons. The van der Waals surface area contributed by atoms with Crippen LogP contribution < -0.4 is 5.09 Å². The van der Waals surface area contributed by atoms with Gasteiger partial charge in [-0.3, -0.25) is 5.09 Å². The second kappa shape index (κ2) is 5.36. The first-order valence-electron chi connectivity index (χ1n) is 5.32. The fraction of sp³-hybridized carbons (Fsp3) is 0.455. The van der Waals surface area contributed by atoms with Gasteiger partial charge in [0, 0.05) is 11.6 Å². The Hall–Kier alpha value is -0.610. The van der Waals surface area contributed by atoms with E-state index in [-0.39, 0.29) is 18.2 Å². The summed E-state index contributed by atoms with van der Waals surface area (Å²) < 4.78 is 32.1. The first kappa shape index (κ1) is 12.8. The normalized spacial score (nSPS) is 29.3. The second-order valence-electron chi connectivity index (χ2n) is 4.08. The van der Waals surface area contributed by atoms with Gasteiger partial charge >= 0.3 is 0 Å². The van der Waals surface area contributed by atoms with Crippen LogP contribution >= 0.6 is 9.39 Å². The van der Waals surface area contributed by atoms with Gasteiger partial charge in [0.25, 0.3) is 0 Å². The van der Waals surface area contributed by atoms with Crippen LogP contribution in [0.1, 0.15) is 18.1 Å². The highest BCUT2D eigenvalue weighted by Gasteiger charge is 2.32. The van der Waals surface area contributed by atoms with Gasteiger partial charge in [-0.05, 0) is 24.6 Å². The molecular formula is C11H14F2NO2P. The lowest BCUT2D eigenvalue weighted by atomic mass is 9.95. The number of rotatable bonds is 2. The molecule has 6 heteroatoms. The minimum absolute atomic E-state index is 0.128. The van der Waals surface area contributed by atoms with E-state index in [0.29, 0.717) is 6.42 Å². The van der Waals surface area contributed by atoms with Crippen molar-refractivity contribution >= 4 is 9.39 Å². The first-order chi connectivity index (χ1) is 8.11. The van der Waals surface area contributed by atoms with Crippen LogP contribution in [-0.4, -0.2) is 23.9 Å². The minimum atomic E-state index is -0.591. The molecule has 1 aliphatic heterocycles. The molecule has 0 spiro atoms. The fourth-order valence-electron chi connectivity index (χ4n) is 2.01. The Bertz CT molecular complexity index is 405. The molecule has 1 fully saturated rings. The third kappa shape index (κ3) is 2.80. The molecule has 0 saturated carbocycles. The number of nitrogens with one attached hydrogen (secondary N) is 1. The van der Waals surface area contributed by atoms with E-state index in [2.05, 4.69) is 14.5 Å². The third-order valence-electron chi connectivity index (χ3n) is 2.84. The standard InChI is InChI=1S/C11H14F2NO2P/c12-6-1-2-9(13)8(3-6)11-10(14-17)4-7(15)5-16-11/h1-3,7,10-11,14-15H,4-5,17H2/t7-,10+,11-/m1/s1. The zero-order valence-corrected chi connectivity index (χ0v) is 10.2. The maximum Gasteiger partial charge on any atom is 0.129 e. The van der Waals surface area contributed by atoms with E-state index in [1.165, 1.54) is 0 Å². The Morgan fingerprint density at radius 2 is 2.18 bits per heavy atom. The van der Waals surface area contributed by atoms with Crippen molar-refractivity contribution in [3.63, 3.8) is 0 Å². The van der Waals surface area contributed by atoms with Gasteiger partial charge in [-0.1, -0.05) is 9.39 Å². The second-order valence-corrected chi connectivity index (χ2v) is 4.42. The fourth-order valence-corrected chi connectivity index (χ4v) is 2.32. The SMILES string of the molecule is O[C@H]1CO[C@H](c2cc(F)ccc2F)[C@@H](NP)C1. The van der Waals surface area contributed by atoms with Gasteiger partial charge in [-0.2, -0.15) is 0 Å². The van der Waals surface area contributed by atoms with E-state index in [9.17, 15) is 13.9 Å². The van der Waals surface area contributed by atoms with Crippen molar-refractivity contribution in [3.05, 3.63) is 35.4 Å². The van der Waals surface area contributed by atoms with Gasteiger partial charge in [-0.25, -0.2) is 8.78 Å². The molecule has 2 rings (SSSR count). The van der Waals surface area contributed by atoms with Gasteiger partial charge in [0.05, 0.1) is 12.7 Å². The number of aliphatic hydroxyl groups is 1. The van der Waals surface area contributed by atoms with Crippen molar-refractivity contribution in [2.24, 2.45) is 0 Å². The van der Waals surface area contributed by atoms with Crippen LogP contribution in [0.4, 0.5) is 8.78 Å². The lowest BCUT2D eigenvalue weighted by Crippen LogP contribution is -2.41. The number of benzene rings is 1. The minimum Gasteiger partial charge on any atom is -0.391 e. The Labute approximate surface area is 100 Å². The predicted octanol–water partition coefficient (Wildman–Crippen LogP) is 1.54. The number of hydrogen-bond donors (Lipinski definition) is 2. The van der Waals surface area contributed by atoms with Crippen LogP contribution in [-0.2, 0) is 4.74 Å². The number of aliphatic hydroxyl groups excluding tert-OH is 1. The predicted molar refractivity (Wildman–Crippen MR) is 62.3 cm³/mol.